The van der Waals surface area contributed by atoms with Crippen LogP contribution in [0.15, 0.2) is 67.2 Å². The van der Waals surface area contributed by atoms with E-state index in [1.807, 2.05) is 36.4 Å². The Bertz CT molecular complexity index is 1100. The van der Waals surface area contributed by atoms with Gasteiger partial charge in [0.05, 0.1) is 16.8 Å². The van der Waals surface area contributed by atoms with E-state index in [-0.39, 0.29) is 11.6 Å². The van der Waals surface area contributed by atoms with E-state index in [1.54, 1.807) is 37.4 Å². The highest BCUT2D eigenvalue weighted by Gasteiger charge is 2.33. The van der Waals surface area contributed by atoms with Crippen molar-refractivity contribution in [2.75, 3.05) is 17.7 Å². The second kappa shape index (κ2) is 6.57. The number of benzene rings is 3. The molecule has 1 aliphatic carbocycles. The van der Waals surface area contributed by atoms with E-state index in [0.29, 0.717) is 33.6 Å². The van der Waals surface area contributed by atoms with E-state index >= 15 is 0 Å². The number of carbonyl (C=O) groups excluding carboxylic acids is 2. The van der Waals surface area contributed by atoms with Gasteiger partial charge in [0.1, 0.15) is 0 Å². The molecule has 0 bridgehead atoms. The van der Waals surface area contributed by atoms with Gasteiger partial charge in [-0.3, -0.25) is 9.59 Å². The van der Waals surface area contributed by atoms with Gasteiger partial charge in [0.15, 0.2) is 11.6 Å². The zero-order valence-electron chi connectivity index (χ0n) is 14.9. The Morgan fingerprint density at radius 3 is 2.07 bits per heavy atom. The number of ketones is 2. The lowest BCUT2D eigenvalue weighted by Crippen LogP contribution is -2.23. The fourth-order valence-corrected chi connectivity index (χ4v) is 3.43. The van der Waals surface area contributed by atoms with Crippen molar-refractivity contribution in [2.45, 2.75) is 0 Å². The summed E-state index contributed by atoms with van der Waals surface area (Å²) in [5.74, 6) is -0.298. The summed E-state index contributed by atoms with van der Waals surface area (Å²) in [5.41, 5.74) is 4.73. The van der Waals surface area contributed by atoms with E-state index in [9.17, 15) is 9.59 Å². The predicted octanol–water partition coefficient (Wildman–Crippen LogP) is 4.89. The number of hydrogen-bond acceptors (Lipinski definition) is 4. The molecule has 0 aliphatic heterocycles. The highest BCUT2D eigenvalue weighted by molar-refractivity contribution is 6.32. The summed E-state index contributed by atoms with van der Waals surface area (Å²) in [6.07, 6.45) is 1.76. The molecule has 2 N–H and O–H groups in total. The van der Waals surface area contributed by atoms with Gasteiger partial charge < -0.3 is 10.6 Å². The van der Waals surface area contributed by atoms with Crippen LogP contribution in [0.2, 0.25) is 0 Å². The SMILES string of the molecule is C=Cc1cccc(Nc2ccc(NC)c3c2C(=O)c2ccccc2C3=O)c1. The molecule has 0 unspecified atom stereocenters. The van der Waals surface area contributed by atoms with Crippen molar-refractivity contribution < 1.29 is 9.59 Å². The summed E-state index contributed by atoms with van der Waals surface area (Å²) in [6.45, 7) is 3.78. The zero-order valence-corrected chi connectivity index (χ0v) is 14.9. The maximum Gasteiger partial charge on any atom is 0.196 e. The van der Waals surface area contributed by atoms with Crippen molar-refractivity contribution in [1.29, 1.82) is 0 Å². The Balaban J connectivity index is 1.89. The van der Waals surface area contributed by atoms with E-state index in [2.05, 4.69) is 17.2 Å². The molecule has 0 heterocycles. The van der Waals surface area contributed by atoms with Crippen LogP contribution in [-0.4, -0.2) is 18.6 Å². The van der Waals surface area contributed by atoms with Crippen LogP contribution >= 0.6 is 0 Å². The molecule has 0 fully saturated rings. The number of carbonyl (C=O) groups is 2. The van der Waals surface area contributed by atoms with E-state index in [1.165, 1.54) is 0 Å². The van der Waals surface area contributed by atoms with Gasteiger partial charge >= 0.3 is 0 Å². The van der Waals surface area contributed by atoms with Gasteiger partial charge in [0.25, 0.3) is 0 Å². The summed E-state index contributed by atoms with van der Waals surface area (Å²) in [6, 6.07) is 18.3. The number of fused-ring (bicyclic) bond motifs is 2. The molecule has 0 spiro atoms. The third-order valence-electron chi connectivity index (χ3n) is 4.75. The molecule has 0 amide bonds. The molecule has 0 saturated carbocycles. The Hall–Kier alpha value is -3.66. The van der Waals surface area contributed by atoms with Gasteiger partial charge in [-0.25, -0.2) is 0 Å². The van der Waals surface area contributed by atoms with Crippen LogP contribution in [0.25, 0.3) is 6.08 Å². The second-order valence-corrected chi connectivity index (χ2v) is 6.32. The van der Waals surface area contributed by atoms with Crippen LogP contribution in [-0.2, 0) is 0 Å². The van der Waals surface area contributed by atoms with Gasteiger partial charge in [-0.05, 0) is 29.8 Å². The minimum Gasteiger partial charge on any atom is -0.388 e. The first-order valence-electron chi connectivity index (χ1n) is 8.66. The molecule has 27 heavy (non-hydrogen) atoms. The fourth-order valence-electron chi connectivity index (χ4n) is 3.43. The van der Waals surface area contributed by atoms with Crippen molar-refractivity contribution >= 4 is 34.7 Å². The molecule has 0 saturated heterocycles. The summed E-state index contributed by atoms with van der Waals surface area (Å²) >= 11 is 0. The lowest BCUT2D eigenvalue weighted by atomic mass is 9.82. The molecule has 0 aromatic heterocycles. The summed E-state index contributed by atoms with van der Waals surface area (Å²) in [7, 11) is 1.74. The monoisotopic (exact) mass is 354 g/mol. The summed E-state index contributed by atoms with van der Waals surface area (Å²) < 4.78 is 0. The summed E-state index contributed by atoms with van der Waals surface area (Å²) in [4.78, 5) is 26.3. The van der Waals surface area contributed by atoms with Gasteiger partial charge in [0, 0.05) is 29.5 Å². The molecule has 0 radical (unpaired) electrons. The molecule has 132 valence electrons. The van der Waals surface area contributed by atoms with Gasteiger partial charge in [-0.2, -0.15) is 0 Å². The third kappa shape index (κ3) is 2.72. The Kier molecular flexibility index (Phi) is 4.09. The topological polar surface area (TPSA) is 58.2 Å². The maximum atomic E-state index is 13.2. The second-order valence-electron chi connectivity index (χ2n) is 6.32. The van der Waals surface area contributed by atoms with Crippen LogP contribution in [0.3, 0.4) is 0 Å². The van der Waals surface area contributed by atoms with E-state index in [0.717, 1.165) is 11.3 Å². The third-order valence-corrected chi connectivity index (χ3v) is 4.75. The molecule has 4 heteroatoms. The Morgan fingerprint density at radius 2 is 1.44 bits per heavy atom. The number of anilines is 3. The molecule has 0 atom stereocenters. The lowest BCUT2D eigenvalue weighted by molar-refractivity contribution is 0.0980. The molecular formula is C23H18N2O2. The number of nitrogens with one attached hydrogen (secondary N) is 2. The molecule has 3 aromatic carbocycles. The maximum absolute atomic E-state index is 13.2. The Morgan fingerprint density at radius 1 is 0.815 bits per heavy atom. The summed E-state index contributed by atoms with van der Waals surface area (Å²) in [5, 5.41) is 6.32. The largest absolute Gasteiger partial charge is 0.388 e. The number of rotatable bonds is 4. The smallest absolute Gasteiger partial charge is 0.196 e. The molecule has 4 rings (SSSR count). The van der Waals surface area contributed by atoms with Crippen LogP contribution in [0.4, 0.5) is 17.1 Å². The van der Waals surface area contributed by atoms with Gasteiger partial charge in [-0.15, -0.1) is 0 Å². The van der Waals surface area contributed by atoms with Crippen LogP contribution in [0, 0.1) is 0 Å². The van der Waals surface area contributed by atoms with Crippen molar-refractivity contribution in [3.63, 3.8) is 0 Å². The average Bonchev–Trinajstić information content (AvgIpc) is 2.72. The first-order chi connectivity index (χ1) is 13.1. The van der Waals surface area contributed by atoms with Gasteiger partial charge in [0.2, 0.25) is 0 Å². The Labute approximate surface area is 157 Å². The zero-order chi connectivity index (χ0) is 19.0. The predicted molar refractivity (Wildman–Crippen MR) is 109 cm³/mol. The quantitative estimate of drug-likeness (QED) is 0.548. The van der Waals surface area contributed by atoms with Crippen LogP contribution < -0.4 is 10.6 Å². The standard InChI is InChI=1S/C23H18N2O2/c1-3-14-7-6-8-15(13-14)25-19-12-11-18(24-2)20-21(19)23(27)17-10-5-4-9-16(17)22(20)26/h3-13,24-25H,1H2,2H3. The highest BCUT2D eigenvalue weighted by Crippen LogP contribution is 2.37. The van der Waals surface area contributed by atoms with Crippen LogP contribution in [0.1, 0.15) is 37.4 Å². The normalized spacial score (nSPS) is 12.2. The molecule has 1 aliphatic rings. The van der Waals surface area contributed by atoms with Gasteiger partial charge in [-0.1, -0.05) is 49.1 Å². The molecule has 3 aromatic rings. The minimum absolute atomic E-state index is 0.145. The van der Waals surface area contributed by atoms with E-state index < -0.39 is 0 Å². The highest BCUT2D eigenvalue weighted by atomic mass is 16.1. The van der Waals surface area contributed by atoms with Crippen molar-refractivity contribution in [2.24, 2.45) is 0 Å². The molecular weight excluding hydrogens is 336 g/mol. The molecule has 4 nitrogen and oxygen atoms in total. The van der Waals surface area contributed by atoms with Crippen LogP contribution in [0.5, 0.6) is 0 Å². The fraction of sp³-hybridized carbons (Fsp3) is 0.0435. The van der Waals surface area contributed by atoms with Crippen molar-refractivity contribution in [1.82, 2.24) is 0 Å². The van der Waals surface area contributed by atoms with Crippen molar-refractivity contribution in [3.05, 3.63) is 95.1 Å². The average molecular weight is 354 g/mol. The number of hydrogen-bond donors (Lipinski definition) is 2. The first-order valence-corrected chi connectivity index (χ1v) is 8.66. The van der Waals surface area contributed by atoms with E-state index in [4.69, 9.17) is 0 Å². The lowest BCUT2D eigenvalue weighted by Gasteiger charge is -2.23. The van der Waals surface area contributed by atoms with Crippen molar-refractivity contribution in [3.8, 4) is 0 Å². The first kappa shape index (κ1) is 16.8. The minimum atomic E-state index is -0.153.